The van der Waals surface area contributed by atoms with E-state index in [9.17, 15) is 38.7 Å². The predicted molar refractivity (Wildman–Crippen MR) is 213 cm³/mol. The second kappa shape index (κ2) is 18.4. The lowest BCUT2D eigenvalue weighted by Gasteiger charge is -2.44. The van der Waals surface area contributed by atoms with Gasteiger partial charge < -0.3 is 33.5 Å². The summed E-state index contributed by atoms with van der Waals surface area (Å²) in [7, 11) is 0. The zero-order chi connectivity index (χ0) is 44.9. The van der Waals surface area contributed by atoms with Crippen molar-refractivity contribution in [2.24, 2.45) is 17.3 Å². The molecule has 9 atom stereocenters. The monoisotopic (exact) mass is 840 g/mol. The van der Waals surface area contributed by atoms with Crippen molar-refractivity contribution in [1.82, 2.24) is 9.97 Å². The van der Waals surface area contributed by atoms with Gasteiger partial charge >= 0.3 is 35.8 Å². The summed E-state index contributed by atoms with van der Waals surface area (Å²) >= 11 is 0. The number of aliphatic hydroxyl groups is 1. The number of rotatable bonds is 9. The minimum Gasteiger partial charge on any atom is -0.458 e. The molecule has 0 spiro atoms. The highest BCUT2D eigenvalue weighted by Gasteiger charge is 2.69. The fraction of sp³-hybridized carbons (Fsp3) is 0.400. The van der Waals surface area contributed by atoms with Crippen LogP contribution in [0.2, 0.25) is 0 Å². The number of benzene rings is 1. The van der Waals surface area contributed by atoms with Gasteiger partial charge in [0.1, 0.15) is 11.7 Å². The molecule has 1 aromatic carbocycles. The number of pyridine rings is 2. The SMILES string of the molecule is C=C1[C@H](OC(=O)c2ccccc2)[C@@H](OC(C)=O)[C@@H](OC(=O)c2cccnc2)C(C)(C)/C=C/[C@H](C)C(=O)[C@@]2(O)C[C@@](C)(OC(=O)c3cccnc3)[C@H](OC(C)=O)[C@@H]2[C@H]1OC(C)=O. The van der Waals surface area contributed by atoms with Crippen LogP contribution in [0.5, 0.6) is 0 Å². The summed E-state index contributed by atoms with van der Waals surface area (Å²) in [5, 5.41) is 12.9. The Kier molecular flexibility index (Phi) is 13.7. The number of allylic oxidation sites excluding steroid dienone is 1. The lowest BCUT2D eigenvalue weighted by atomic mass is 9.72. The Morgan fingerprint density at radius 2 is 1.23 bits per heavy atom. The van der Waals surface area contributed by atoms with Crippen LogP contribution in [-0.4, -0.2) is 98.4 Å². The van der Waals surface area contributed by atoms with Crippen molar-refractivity contribution < 1.29 is 67.1 Å². The summed E-state index contributed by atoms with van der Waals surface area (Å²) in [6.45, 7) is 13.3. The Morgan fingerprint density at radius 1 is 0.689 bits per heavy atom. The smallest absolute Gasteiger partial charge is 0.340 e. The van der Waals surface area contributed by atoms with E-state index in [2.05, 4.69) is 16.5 Å². The van der Waals surface area contributed by atoms with Crippen LogP contribution in [0, 0.1) is 17.3 Å². The second-order valence-corrected chi connectivity index (χ2v) is 15.9. The van der Waals surface area contributed by atoms with E-state index in [1.54, 1.807) is 32.0 Å². The van der Waals surface area contributed by atoms with Crippen molar-refractivity contribution in [2.75, 3.05) is 0 Å². The van der Waals surface area contributed by atoms with Crippen molar-refractivity contribution in [3.63, 3.8) is 0 Å². The Labute approximate surface area is 352 Å². The molecule has 5 rings (SSSR count). The lowest BCUT2D eigenvalue weighted by molar-refractivity contribution is -0.180. The third kappa shape index (κ3) is 10.1. The zero-order valence-corrected chi connectivity index (χ0v) is 34.8. The van der Waals surface area contributed by atoms with Gasteiger partial charge in [-0.2, -0.15) is 0 Å². The molecule has 322 valence electrons. The molecule has 1 N–H and O–H groups in total. The highest BCUT2D eigenvalue weighted by atomic mass is 16.6. The summed E-state index contributed by atoms with van der Waals surface area (Å²) in [6, 6.07) is 13.5. The van der Waals surface area contributed by atoms with Crippen LogP contribution in [0.25, 0.3) is 0 Å². The molecule has 3 aromatic rings. The van der Waals surface area contributed by atoms with Crippen LogP contribution in [-0.2, 0) is 47.6 Å². The number of aromatic nitrogens is 2. The standard InChI is InChI=1S/C45H48N2O14/c1-25-18-19-43(6,7)39(60-41(53)31-16-12-20-46-22-31)36(57-28(4)49)35(59-40(52)30-14-10-9-11-15-30)26(2)34(56-27(3)48)33-38(58-29(5)50)44(8,24-45(33,55)37(25)51)61-42(54)32-17-13-21-47-23-32/h9-23,25,33-36,38-39,55H,2,24H2,1,3-8H3/b19-18+/t25-,33-,34-,35-,36+,38+,39+,44+,45+/m0/s1. The molecule has 0 radical (unpaired) electrons. The maximum absolute atomic E-state index is 14.9. The van der Waals surface area contributed by atoms with Crippen LogP contribution >= 0.6 is 0 Å². The Morgan fingerprint density at radius 3 is 1.77 bits per heavy atom. The molecule has 16 nitrogen and oxygen atoms in total. The van der Waals surface area contributed by atoms with E-state index in [1.165, 1.54) is 87.2 Å². The molecule has 16 heteroatoms. The van der Waals surface area contributed by atoms with Gasteiger partial charge in [-0.25, -0.2) is 14.4 Å². The number of esters is 6. The number of fused-ring (bicyclic) bond motifs is 1. The largest absolute Gasteiger partial charge is 0.458 e. The fourth-order valence-corrected chi connectivity index (χ4v) is 7.85. The van der Waals surface area contributed by atoms with Gasteiger partial charge in [0.05, 0.1) is 22.6 Å². The van der Waals surface area contributed by atoms with Crippen molar-refractivity contribution in [2.45, 2.75) is 96.6 Å². The molecule has 1 fully saturated rings. The first-order valence-electron chi connectivity index (χ1n) is 19.4. The van der Waals surface area contributed by atoms with Crippen molar-refractivity contribution >= 4 is 41.6 Å². The van der Waals surface area contributed by atoms with Gasteiger partial charge in [-0.1, -0.05) is 57.7 Å². The second-order valence-electron chi connectivity index (χ2n) is 15.9. The Bertz CT molecular complexity index is 2190. The number of ether oxygens (including phenoxy) is 6. The third-order valence-corrected chi connectivity index (χ3v) is 10.6. The molecular formula is C45H48N2O14. The van der Waals surface area contributed by atoms with Crippen LogP contribution in [0.3, 0.4) is 0 Å². The highest BCUT2D eigenvalue weighted by Crippen LogP contribution is 2.52. The fourth-order valence-electron chi connectivity index (χ4n) is 7.85. The first kappa shape index (κ1) is 45.5. The van der Waals surface area contributed by atoms with Crippen LogP contribution in [0.4, 0.5) is 0 Å². The summed E-state index contributed by atoms with van der Waals surface area (Å²) in [5.41, 5.74) is -6.47. The van der Waals surface area contributed by atoms with Gasteiger partial charge in [0, 0.05) is 68.9 Å². The van der Waals surface area contributed by atoms with Gasteiger partial charge in [-0.05, 0) is 43.3 Å². The first-order valence-corrected chi connectivity index (χ1v) is 19.4. The quantitative estimate of drug-likeness (QED) is 0.175. The van der Waals surface area contributed by atoms with Gasteiger partial charge in [-0.15, -0.1) is 0 Å². The van der Waals surface area contributed by atoms with E-state index in [4.69, 9.17) is 28.4 Å². The third-order valence-electron chi connectivity index (χ3n) is 10.6. The number of hydrogen-bond acceptors (Lipinski definition) is 16. The minimum absolute atomic E-state index is 0.00771. The van der Waals surface area contributed by atoms with E-state index in [1.807, 2.05) is 0 Å². The average molecular weight is 841 g/mol. The molecule has 1 saturated carbocycles. The molecule has 0 bridgehead atoms. The predicted octanol–water partition coefficient (Wildman–Crippen LogP) is 4.75. The van der Waals surface area contributed by atoms with E-state index in [0.717, 1.165) is 20.8 Å². The van der Waals surface area contributed by atoms with E-state index < -0.39 is 113 Å². The number of carbonyl (C=O) groups is 7. The number of Topliss-reactive ketones (excluding diaryl/α,β-unsaturated/α-hetero) is 1. The Balaban J connectivity index is 1.81. The maximum atomic E-state index is 14.9. The minimum atomic E-state index is -2.66. The topological polar surface area (TPSA) is 221 Å². The molecule has 61 heavy (non-hydrogen) atoms. The van der Waals surface area contributed by atoms with Crippen LogP contribution in [0.15, 0.2) is 104 Å². The molecule has 0 amide bonds. The van der Waals surface area contributed by atoms with E-state index in [0.29, 0.717) is 0 Å². The van der Waals surface area contributed by atoms with Crippen molar-refractivity contribution in [3.05, 3.63) is 120 Å². The maximum Gasteiger partial charge on any atom is 0.340 e. The highest BCUT2D eigenvalue weighted by molar-refractivity contribution is 5.93. The van der Waals surface area contributed by atoms with E-state index in [-0.39, 0.29) is 16.7 Å². The Hall–Kier alpha value is -6.55. The van der Waals surface area contributed by atoms with Crippen LogP contribution < -0.4 is 0 Å². The normalized spacial score (nSPS) is 29.0. The molecule has 0 saturated heterocycles. The first-order chi connectivity index (χ1) is 28.7. The zero-order valence-electron chi connectivity index (χ0n) is 34.8. The average Bonchev–Trinajstić information content (AvgIpc) is 3.43. The van der Waals surface area contributed by atoms with Gasteiger partial charge in [-0.3, -0.25) is 29.1 Å². The van der Waals surface area contributed by atoms with Crippen molar-refractivity contribution in [3.8, 4) is 0 Å². The molecule has 0 aliphatic heterocycles. The molecule has 2 aliphatic rings. The summed E-state index contributed by atoms with van der Waals surface area (Å²) in [6.07, 6.45) is -1.42. The van der Waals surface area contributed by atoms with Gasteiger partial charge in [0.2, 0.25) is 0 Å². The lowest BCUT2D eigenvalue weighted by Crippen LogP contribution is -2.58. The van der Waals surface area contributed by atoms with Gasteiger partial charge in [0.25, 0.3) is 0 Å². The molecular weight excluding hydrogens is 792 g/mol. The van der Waals surface area contributed by atoms with Gasteiger partial charge in [0.15, 0.2) is 35.8 Å². The molecule has 2 aromatic heterocycles. The summed E-state index contributed by atoms with van der Waals surface area (Å²) in [4.78, 5) is 104. The molecule has 2 heterocycles. The summed E-state index contributed by atoms with van der Waals surface area (Å²) < 4.78 is 36.0. The van der Waals surface area contributed by atoms with Crippen LogP contribution in [0.1, 0.15) is 86.0 Å². The number of hydrogen-bond donors (Lipinski definition) is 1. The van der Waals surface area contributed by atoms with Crippen molar-refractivity contribution in [1.29, 1.82) is 0 Å². The van der Waals surface area contributed by atoms with E-state index >= 15 is 0 Å². The molecule has 2 aliphatic carbocycles. The summed E-state index contributed by atoms with van der Waals surface area (Å²) in [5.74, 6) is -9.65. The number of carbonyl (C=O) groups excluding carboxylic acids is 7. The molecule has 0 unspecified atom stereocenters. The number of nitrogens with zero attached hydrogens (tertiary/aromatic N) is 2. The number of ketones is 1.